The molecule has 2 N–H and O–H groups in total. The van der Waals surface area contributed by atoms with Gasteiger partial charge in [-0.1, -0.05) is 6.07 Å². The fourth-order valence-electron chi connectivity index (χ4n) is 1.99. The summed E-state index contributed by atoms with van der Waals surface area (Å²) in [6.45, 7) is 3.19. The summed E-state index contributed by atoms with van der Waals surface area (Å²) < 4.78 is 23.7. The van der Waals surface area contributed by atoms with Crippen molar-refractivity contribution in [2.75, 3.05) is 0 Å². The average Bonchev–Trinajstić information content (AvgIpc) is 2.36. The summed E-state index contributed by atoms with van der Waals surface area (Å²) in [6, 6.07) is 4.39. The van der Waals surface area contributed by atoms with E-state index in [-0.39, 0.29) is 17.1 Å². The minimum absolute atomic E-state index is 0.0703. The first-order chi connectivity index (χ1) is 7.71. The van der Waals surface area contributed by atoms with Gasteiger partial charge in [0.1, 0.15) is 5.75 Å². The molecule has 0 unspecified atom stereocenters. The number of rotatable bonds is 2. The van der Waals surface area contributed by atoms with Crippen LogP contribution in [0.1, 0.15) is 25.8 Å². The van der Waals surface area contributed by atoms with Gasteiger partial charge in [-0.05, 0) is 31.6 Å². The van der Waals surface area contributed by atoms with E-state index in [1.54, 1.807) is 13.8 Å². The van der Waals surface area contributed by atoms with Crippen LogP contribution in [-0.4, -0.2) is 24.2 Å². The van der Waals surface area contributed by atoms with E-state index in [1.807, 2.05) is 0 Å². The zero-order chi connectivity index (χ0) is 12.8. The van der Waals surface area contributed by atoms with Crippen molar-refractivity contribution < 1.29 is 18.6 Å². The Morgan fingerprint density at radius 3 is 2.53 bits per heavy atom. The summed E-state index contributed by atoms with van der Waals surface area (Å²) in [5.74, 6) is -0.0703. The Balaban J connectivity index is 2.60. The number of phenolic OH excluding ortho intramolecular Hbond substituents is 1. The van der Waals surface area contributed by atoms with E-state index in [9.17, 15) is 18.6 Å². The first-order valence-electron chi connectivity index (χ1n) is 5.21. The number of sulfone groups is 1. The van der Waals surface area contributed by atoms with Crippen LogP contribution in [0.3, 0.4) is 0 Å². The number of aromatic hydroxyl groups is 1. The second-order valence-electron chi connectivity index (χ2n) is 4.83. The van der Waals surface area contributed by atoms with Crippen LogP contribution in [-0.2, 0) is 9.84 Å². The highest BCUT2D eigenvalue weighted by Crippen LogP contribution is 2.42. The normalized spacial score (nSPS) is 17.7. The minimum Gasteiger partial charge on any atom is -0.507 e. The number of hydrogen-bond donors (Lipinski definition) is 2. The van der Waals surface area contributed by atoms with Crippen molar-refractivity contribution in [1.82, 2.24) is 0 Å². The van der Waals surface area contributed by atoms with Gasteiger partial charge in [0.2, 0.25) is 9.84 Å². The molecule has 0 saturated heterocycles. The predicted molar refractivity (Wildman–Crippen MR) is 64.2 cm³/mol. The summed E-state index contributed by atoms with van der Waals surface area (Å²) in [7, 11) is -3.48. The molecule has 1 aliphatic rings. The lowest BCUT2D eigenvalue weighted by Crippen LogP contribution is -2.18. The van der Waals surface area contributed by atoms with Crippen molar-refractivity contribution in [2.24, 2.45) is 0 Å². The zero-order valence-corrected chi connectivity index (χ0v) is 10.5. The molecule has 0 amide bonds. The molecule has 0 bridgehead atoms. The van der Waals surface area contributed by atoms with Crippen LogP contribution in [0.5, 0.6) is 5.75 Å². The van der Waals surface area contributed by atoms with E-state index in [1.165, 1.54) is 18.2 Å². The quantitative estimate of drug-likeness (QED) is 0.842. The van der Waals surface area contributed by atoms with Gasteiger partial charge >= 0.3 is 0 Å². The van der Waals surface area contributed by atoms with Crippen molar-refractivity contribution in [3.8, 4) is 5.75 Å². The molecule has 92 valence electrons. The van der Waals surface area contributed by atoms with Gasteiger partial charge < -0.3 is 10.2 Å². The highest BCUT2D eigenvalue weighted by Gasteiger charge is 2.31. The van der Waals surface area contributed by atoms with Gasteiger partial charge in [0, 0.05) is 17.4 Å². The van der Waals surface area contributed by atoms with Crippen molar-refractivity contribution in [3.05, 3.63) is 29.2 Å². The van der Waals surface area contributed by atoms with Gasteiger partial charge in [-0.3, -0.25) is 0 Å². The van der Waals surface area contributed by atoms with Crippen LogP contribution in [0.25, 0.3) is 5.57 Å². The third-order valence-corrected chi connectivity index (χ3v) is 4.10. The molecule has 1 aromatic rings. The third-order valence-electron chi connectivity index (χ3n) is 2.55. The molecule has 2 rings (SSSR count). The molecular formula is C12H14O4S. The molecule has 1 heterocycles. The monoisotopic (exact) mass is 254 g/mol. The lowest BCUT2D eigenvalue weighted by Gasteiger charge is -2.18. The largest absolute Gasteiger partial charge is 0.507 e. The SMILES string of the molecule is CC(C)(O)CC1=CS(=O)(=O)c2cccc(O)c21. The fourth-order valence-corrected chi connectivity index (χ4v) is 3.48. The van der Waals surface area contributed by atoms with Gasteiger partial charge in [0.05, 0.1) is 10.5 Å². The number of aliphatic hydroxyl groups is 1. The molecule has 1 aromatic carbocycles. The van der Waals surface area contributed by atoms with Crippen LogP contribution in [0.4, 0.5) is 0 Å². The van der Waals surface area contributed by atoms with E-state index in [0.29, 0.717) is 11.1 Å². The highest BCUT2D eigenvalue weighted by atomic mass is 32.2. The van der Waals surface area contributed by atoms with Crippen LogP contribution >= 0.6 is 0 Å². The first-order valence-corrected chi connectivity index (χ1v) is 6.76. The molecule has 1 aliphatic heterocycles. The van der Waals surface area contributed by atoms with E-state index in [4.69, 9.17) is 0 Å². The van der Waals surface area contributed by atoms with E-state index in [2.05, 4.69) is 0 Å². The average molecular weight is 254 g/mol. The molecule has 0 aliphatic carbocycles. The molecule has 0 spiro atoms. The van der Waals surface area contributed by atoms with Crippen LogP contribution in [0, 0.1) is 0 Å². The summed E-state index contributed by atoms with van der Waals surface area (Å²) in [5, 5.41) is 20.6. The smallest absolute Gasteiger partial charge is 0.200 e. The topological polar surface area (TPSA) is 74.6 Å². The maximum atomic E-state index is 11.8. The maximum Gasteiger partial charge on any atom is 0.200 e. The molecule has 0 atom stereocenters. The van der Waals surface area contributed by atoms with Gasteiger partial charge in [0.25, 0.3) is 0 Å². The van der Waals surface area contributed by atoms with Crippen molar-refractivity contribution in [1.29, 1.82) is 0 Å². The molecule has 0 aromatic heterocycles. The molecule has 0 radical (unpaired) electrons. The van der Waals surface area contributed by atoms with E-state index in [0.717, 1.165) is 5.41 Å². The van der Waals surface area contributed by atoms with Gasteiger partial charge in [-0.2, -0.15) is 0 Å². The van der Waals surface area contributed by atoms with E-state index >= 15 is 0 Å². The third kappa shape index (κ3) is 2.21. The van der Waals surface area contributed by atoms with Crippen molar-refractivity contribution in [3.63, 3.8) is 0 Å². The zero-order valence-electron chi connectivity index (χ0n) is 9.64. The Hall–Kier alpha value is -1.33. The molecule has 17 heavy (non-hydrogen) atoms. The van der Waals surface area contributed by atoms with Crippen molar-refractivity contribution >= 4 is 15.4 Å². The van der Waals surface area contributed by atoms with Crippen LogP contribution in [0.2, 0.25) is 0 Å². The maximum absolute atomic E-state index is 11.8. The van der Waals surface area contributed by atoms with Crippen LogP contribution in [0.15, 0.2) is 28.5 Å². The minimum atomic E-state index is -3.48. The Kier molecular flexibility index (Phi) is 2.56. The number of fused-ring (bicyclic) bond motifs is 1. The number of hydrogen-bond acceptors (Lipinski definition) is 4. The summed E-state index contributed by atoms with van der Waals surface area (Å²) in [4.78, 5) is 0.108. The molecule has 4 nitrogen and oxygen atoms in total. The summed E-state index contributed by atoms with van der Waals surface area (Å²) in [6.07, 6.45) is 0.177. The van der Waals surface area contributed by atoms with Gasteiger partial charge in [0.15, 0.2) is 0 Å². The second-order valence-corrected chi connectivity index (χ2v) is 6.59. The fraction of sp³-hybridized carbons (Fsp3) is 0.333. The van der Waals surface area contributed by atoms with Crippen LogP contribution < -0.4 is 0 Å². The lowest BCUT2D eigenvalue weighted by molar-refractivity contribution is 0.0863. The predicted octanol–water partition coefficient (Wildman–Crippen LogP) is 1.68. The number of benzene rings is 1. The number of phenols is 1. The Bertz CT molecular complexity index is 591. The Morgan fingerprint density at radius 1 is 1.29 bits per heavy atom. The second kappa shape index (κ2) is 3.58. The first kappa shape index (κ1) is 12.1. The Labute approximate surface area is 100 Å². The molecule has 0 fully saturated rings. The van der Waals surface area contributed by atoms with Crippen molar-refractivity contribution in [2.45, 2.75) is 30.8 Å². The Morgan fingerprint density at radius 2 is 1.94 bits per heavy atom. The molecule has 5 heteroatoms. The lowest BCUT2D eigenvalue weighted by atomic mass is 9.94. The van der Waals surface area contributed by atoms with E-state index < -0.39 is 15.4 Å². The highest BCUT2D eigenvalue weighted by molar-refractivity contribution is 7.95. The summed E-state index contributed by atoms with van der Waals surface area (Å²) >= 11 is 0. The summed E-state index contributed by atoms with van der Waals surface area (Å²) in [5.41, 5.74) is -0.258. The van der Waals surface area contributed by atoms with Gasteiger partial charge in [-0.15, -0.1) is 0 Å². The molecule has 0 saturated carbocycles. The van der Waals surface area contributed by atoms with Gasteiger partial charge in [-0.25, -0.2) is 8.42 Å². The standard InChI is InChI=1S/C12H14O4S/c1-12(2,14)6-8-7-17(15,16)10-5-3-4-9(13)11(8)10/h3-5,7,13-14H,6H2,1-2H3. The molecular weight excluding hydrogens is 240 g/mol.